The van der Waals surface area contributed by atoms with E-state index in [9.17, 15) is 8.42 Å². The molecule has 0 aliphatic carbocycles. The molecule has 0 amide bonds. The second-order valence-corrected chi connectivity index (χ2v) is 2.20. The summed E-state index contributed by atoms with van der Waals surface area (Å²) in [7, 11) is -3.67. The predicted molar refractivity (Wildman–Crippen MR) is 33.3 cm³/mol. The molecule has 0 rings (SSSR count). The monoisotopic (exact) mass is 158 g/mol. The van der Waals surface area contributed by atoms with E-state index in [-0.39, 0.29) is 35.5 Å². The molecule has 0 aliphatic rings. The van der Waals surface area contributed by atoms with E-state index >= 15 is 0 Å². The predicted octanol–water partition coefficient (Wildman–Crippen LogP) is -0.990. The highest BCUT2D eigenvalue weighted by atomic mass is 35.5. The summed E-state index contributed by atoms with van der Waals surface area (Å²) in [6, 6.07) is 0. The number of rotatable bonds is 0. The van der Waals surface area contributed by atoms with Crippen molar-refractivity contribution in [1.82, 2.24) is 0 Å². The molecule has 0 aliphatic heterocycles. The zero-order valence-corrected chi connectivity index (χ0v) is 4.71. The van der Waals surface area contributed by atoms with E-state index < -0.39 is 10.1 Å². The van der Waals surface area contributed by atoms with Gasteiger partial charge in [0.2, 0.25) is 0 Å². The fourth-order valence-electron chi connectivity index (χ4n) is 0. The molecule has 0 fully saturated rings. The maximum atomic E-state index is 9.19. The Bertz CT molecular complexity index is 98.1. The molecule has 0 bridgehead atoms. The van der Waals surface area contributed by atoms with E-state index in [0.29, 0.717) is 6.26 Å². The minimum absolute atomic E-state index is 0. The standard InChI is InChI=1S/CH4O3S.ClH.Mg.2H/c1-5(2,3)4;;;;/h1H3,(H,2,3,4);1H;;;. The highest BCUT2D eigenvalue weighted by Gasteiger charge is 1.81. The van der Waals surface area contributed by atoms with E-state index in [1.54, 1.807) is 0 Å². The Morgan fingerprint density at radius 3 is 1.43 bits per heavy atom. The molecule has 44 valence electrons. The molecule has 0 atom stereocenters. The van der Waals surface area contributed by atoms with E-state index in [1.807, 2.05) is 0 Å². The van der Waals surface area contributed by atoms with Crippen molar-refractivity contribution >= 4 is 45.6 Å². The van der Waals surface area contributed by atoms with Gasteiger partial charge in [-0.1, -0.05) is 0 Å². The Morgan fingerprint density at radius 1 is 1.43 bits per heavy atom. The van der Waals surface area contributed by atoms with Crippen LogP contribution in [-0.4, -0.2) is 42.3 Å². The first-order valence-corrected chi connectivity index (χ1v) is 2.77. The van der Waals surface area contributed by atoms with E-state index in [1.165, 1.54) is 0 Å². The molecule has 0 saturated carbocycles. The fraction of sp³-hybridized carbons (Fsp3) is 1.00. The summed E-state index contributed by atoms with van der Waals surface area (Å²) in [5.74, 6) is 0. The Hall–Kier alpha value is 0.966. The second-order valence-electron chi connectivity index (χ2n) is 0.733. The normalized spacial score (nSPS) is 8.29. The third kappa shape index (κ3) is 184. The molecule has 0 aromatic rings. The summed E-state index contributed by atoms with van der Waals surface area (Å²) < 4.78 is 25.9. The molecule has 0 spiro atoms. The van der Waals surface area contributed by atoms with Crippen molar-refractivity contribution in [2.24, 2.45) is 0 Å². The average Bonchev–Trinajstić information content (AvgIpc) is 0.722. The van der Waals surface area contributed by atoms with Gasteiger partial charge in [0, 0.05) is 0 Å². The lowest BCUT2D eigenvalue weighted by Gasteiger charge is -1.69. The van der Waals surface area contributed by atoms with Gasteiger partial charge in [-0.2, -0.15) is 8.42 Å². The molecule has 0 aromatic carbocycles. The van der Waals surface area contributed by atoms with Crippen molar-refractivity contribution in [2.45, 2.75) is 0 Å². The number of hydrogen-bond donors (Lipinski definition) is 1. The third-order valence-corrected chi connectivity index (χ3v) is 0. The first-order valence-electron chi connectivity index (χ1n) is 0.924. The molecule has 0 heterocycles. The van der Waals surface area contributed by atoms with Crippen LogP contribution in [0.2, 0.25) is 0 Å². The van der Waals surface area contributed by atoms with Crippen LogP contribution in [0.5, 0.6) is 0 Å². The van der Waals surface area contributed by atoms with Crippen molar-refractivity contribution in [2.75, 3.05) is 6.26 Å². The van der Waals surface area contributed by atoms with Gasteiger partial charge in [0.25, 0.3) is 10.1 Å². The van der Waals surface area contributed by atoms with Crippen molar-refractivity contribution in [3.05, 3.63) is 0 Å². The van der Waals surface area contributed by atoms with Gasteiger partial charge in [0.1, 0.15) is 0 Å². The fourth-order valence-corrected chi connectivity index (χ4v) is 0. The van der Waals surface area contributed by atoms with Gasteiger partial charge in [-0.25, -0.2) is 0 Å². The summed E-state index contributed by atoms with van der Waals surface area (Å²) in [5.41, 5.74) is 0. The summed E-state index contributed by atoms with van der Waals surface area (Å²) in [6.07, 6.45) is 0.715. The summed E-state index contributed by atoms with van der Waals surface area (Å²) in [6.45, 7) is 0. The molecule has 7 heavy (non-hydrogen) atoms. The topological polar surface area (TPSA) is 54.4 Å². The third-order valence-electron chi connectivity index (χ3n) is 0. The minimum atomic E-state index is -3.67. The zero-order chi connectivity index (χ0) is 4.50. The number of hydrogen-bond acceptors (Lipinski definition) is 2. The Morgan fingerprint density at radius 2 is 1.43 bits per heavy atom. The van der Waals surface area contributed by atoms with Crippen LogP contribution in [0.25, 0.3) is 0 Å². The van der Waals surface area contributed by atoms with Crippen LogP contribution in [0.1, 0.15) is 0 Å². The summed E-state index contributed by atoms with van der Waals surface area (Å²) in [5, 5.41) is 0. The first-order chi connectivity index (χ1) is 2.00. The zero-order valence-electron chi connectivity index (χ0n) is 3.08. The van der Waals surface area contributed by atoms with Crippen molar-refractivity contribution in [3.8, 4) is 0 Å². The van der Waals surface area contributed by atoms with Crippen LogP contribution in [0.4, 0.5) is 0 Å². The molecule has 0 saturated heterocycles. The van der Waals surface area contributed by atoms with Gasteiger partial charge in [0.05, 0.1) is 6.26 Å². The van der Waals surface area contributed by atoms with Crippen molar-refractivity contribution in [1.29, 1.82) is 0 Å². The van der Waals surface area contributed by atoms with E-state index in [2.05, 4.69) is 0 Å². The molecule has 0 aromatic heterocycles. The molecule has 3 nitrogen and oxygen atoms in total. The smallest absolute Gasteiger partial charge is 0.286 e. The van der Waals surface area contributed by atoms with Gasteiger partial charge in [-0.05, 0) is 0 Å². The van der Waals surface area contributed by atoms with Gasteiger partial charge >= 0.3 is 23.1 Å². The molecular weight excluding hydrogens is 152 g/mol. The maximum Gasteiger partial charge on any atom is 0.316 e. The SMILES string of the molecule is CS(=O)(=O)O.Cl.[MgH2]. The van der Waals surface area contributed by atoms with Gasteiger partial charge in [0.15, 0.2) is 0 Å². The van der Waals surface area contributed by atoms with Crippen LogP contribution < -0.4 is 0 Å². The lowest BCUT2D eigenvalue weighted by molar-refractivity contribution is 0.490. The van der Waals surface area contributed by atoms with E-state index in [4.69, 9.17) is 4.55 Å². The lowest BCUT2D eigenvalue weighted by atomic mass is 12.0. The lowest BCUT2D eigenvalue weighted by Crippen LogP contribution is -1.88. The van der Waals surface area contributed by atoms with Crippen LogP contribution >= 0.6 is 12.4 Å². The summed E-state index contributed by atoms with van der Waals surface area (Å²) in [4.78, 5) is 0. The quantitative estimate of drug-likeness (QED) is 0.364. The molecule has 0 unspecified atom stereocenters. The van der Waals surface area contributed by atoms with Gasteiger partial charge in [-0.3, -0.25) is 4.55 Å². The second kappa shape index (κ2) is 5.11. The van der Waals surface area contributed by atoms with Crippen LogP contribution in [0.15, 0.2) is 0 Å². The highest BCUT2D eigenvalue weighted by molar-refractivity contribution is 7.85. The average molecular weight is 159 g/mol. The molecule has 6 heteroatoms. The Kier molecular flexibility index (Phi) is 11.4. The van der Waals surface area contributed by atoms with Gasteiger partial charge < -0.3 is 0 Å². The molecule has 1 N–H and O–H groups in total. The molecular formula is CH7ClMgO3S. The Balaban J connectivity index is -0.0000000800. The van der Waals surface area contributed by atoms with Crippen LogP contribution in [0, 0.1) is 0 Å². The Labute approximate surface area is 64.8 Å². The van der Waals surface area contributed by atoms with Crippen molar-refractivity contribution in [3.63, 3.8) is 0 Å². The first kappa shape index (κ1) is 15.7. The number of halogens is 1. The van der Waals surface area contributed by atoms with Crippen molar-refractivity contribution < 1.29 is 13.0 Å². The van der Waals surface area contributed by atoms with E-state index in [0.717, 1.165) is 0 Å². The maximum absolute atomic E-state index is 9.19. The van der Waals surface area contributed by atoms with Crippen LogP contribution in [-0.2, 0) is 10.1 Å². The minimum Gasteiger partial charge on any atom is -0.286 e. The molecule has 0 radical (unpaired) electrons. The largest absolute Gasteiger partial charge is 0.316 e. The van der Waals surface area contributed by atoms with Gasteiger partial charge in [-0.15, -0.1) is 12.4 Å². The summed E-state index contributed by atoms with van der Waals surface area (Å²) >= 11 is 0. The van der Waals surface area contributed by atoms with Crippen LogP contribution in [0.3, 0.4) is 0 Å². The highest BCUT2D eigenvalue weighted by Crippen LogP contribution is 1.60.